The monoisotopic (exact) mass is 402 g/mol. The van der Waals surface area contributed by atoms with E-state index >= 15 is 0 Å². The number of halogens is 2. The van der Waals surface area contributed by atoms with Gasteiger partial charge in [-0.05, 0) is 31.9 Å². The molecular formula is C20H20F2N4O3. The lowest BCUT2D eigenvalue weighted by atomic mass is 9.88. The van der Waals surface area contributed by atoms with Gasteiger partial charge in [0, 0.05) is 31.2 Å². The standard InChI is InChI=1S/C20H20F2N4O3/c1-14-16(24-10-9-23-14)17(27)25-11-7-19(8-12-25)13-26(15-5-3-2-4-6-15)18(28)20(21,22)29-19/h2-6,9-10H,7-8,11-13H2,1H3. The van der Waals surface area contributed by atoms with Gasteiger partial charge in [0.2, 0.25) is 0 Å². The van der Waals surface area contributed by atoms with Crippen molar-refractivity contribution in [3.63, 3.8) is 0 Å². The summed E-state index contributed by atoms with van der Waals surface area (Å²) in [6, 6.07) is 8.35. The van der Waals surface area contributed by atoms with E-state index in [0.717, 1.165) is 4.90 Å². The zero-order chi connectivity index (χ0) is 20.6. The lowest BCUT2D eigenvalue weighted by Gasteiger charge is -2.48. The van der Waals surface area contributed by atoms with Gasteiger partial charge < -0.3 is 14.5 Å². The Kier molecular flexibility index (Phi) is 4.77. The molecule has 1 aromatic heterocycles. The molecule has 0 bridgehead atoms. The summed E-state index contributed by atoms with van der Waals surface area (Å²) in [6.07, 6.45) is -0.597. The number of piperidine rings is 1. The molecule has 152 valence electrons. The topological polar surface area (TPSA) is 75.6 Å². The highest BCUT2D eigenvalue weighted by Gasteiger charge is 2.57. The summed E-state index contributed by atoms with van der Waals surface area (Å²) in [5.41, 5.74) is -0.0615. The number of ether oxygens (including phenoxy) is 1. The second-order valence-corrected chi connectivity index (χ2v) is 7.31. The highest BCUT2D eigenvalue weighted by molar-refractivity contribution is 5.98. The molecule has 2 aromatic rings. The van der Waals surface area contributed by atoms with E-state index in [1.807, 2.05) is 0 Å². The first-order chi connectivity index (χ1) is 13.8. The SMILES string of the molecule is Cc1nccnc1C(=O)N1CCC2(CC1)CN(c1ccccc1)C(=O)C(F)(F)O2. The minimum atomic E-state index is -3.91. The summed E-state index contributed by atoms with van der Waals surface area (Å²) >= 11 is 0. The van der Waals surface area contributed by atoms with Crippen molar-refractivity contribution >= 4 is 17.5 Å². The fourth-order valence-electron chi connectivity index (χ4n) is 3.83. The van der Waals surface area contributed by atoms with E-state index in [0.29, 0.717) is 11.4 Å². The van der Waals surface area contributed by atoms with Gasteiger partial charge in [-0.3, -0.25) is 14.6 Å². The maximum atomic E-state index is 14.4. The maximum Gasteiger partial charge on any atom is 0.437 e. The number of carbonyl (C=O) groups is 2. The van der Waals surface area contributed by atoms with E-state index in [2.05, 4.69) is 9.97 Å². The molecule has 29 heavy (non-hydrogen) atoms. The van der Waals surface area contributed by atoms with Crippen molar-refractivity contribution < 1.29 is 23.1 Å². The molecule has 2 aliphatic rings. The van der Waals surface area contributed by atoms with Crippen molar-refractivity contribution in [1.29, 1.82) is 0 Å². The zero-order valence-corrected chi connectivity index (χ0v) is 15.8. The molecular weight excluding hydrogens is 382 g/mol. The minimum absolute atomic E-state index is 0.0115. The summed E-state index contributed by atoms with van der Waals surface area (Å²) in [5, 5.41) is 0. The highest BCUT2D eigenvalue weighted by Crippen LogP contribution is 2.40. The van der Waals surface area contributed by atoms with E-state index in [1.165, 1.54) is 12.4 Å². The molecule has 1 spiro atoms. The van der Waals surface area contributed by atoms with Crippen LogP contribution in [0.1, 0.15) is 29.0 Å². The smallest absolute Gasteiger partial charge is 0.337 e. The molecule has 4 rings (SSSR count). The number of aromatic nitrogens is 2. The number of amides is 2. The Balaban J connectivity index is 1.53. The quantitative estimate of drug-likeness (QED) is 0.771. The Bertz CT molecular complexity index is 930. The Hall–Kier alpha value is -2.94. The number of alkyl halides is 2. The molecule has 0 unspecified atom stereocenters. The van der Waals surface area contributed by atoms with Crippen LogP contribution in [0.3, 0.4) is 0 Å². The van der Waals surface area contributed by atoms with Gasteiger partial charge in [-0.25, -0.2) is 4.98 Å². The average molecular weight is 402 g/mol. The highest BCUT2D eigenvalue weighted by atomic mass is 19.3. The van der Waals surface area contributed by atoms with E-state index < -0.39 is 17.6 Å². The number of morpholine rings is 1. The van der Waals surface area contributed by atoms with Crippen molar-refractivity contribution in [2.75, 3.05) is 24.5 Å². The van der Waals surface area contributed by atoms with Crippen LogP contribution in [0.4, 0.5) is 14.5 Å². The van der Waals surface area contributed by atoms with Crippen molar-refractivity contribution in [3.05, 3.63) is 54.1 Å². The Morgan fingerprint density at radius 1 is 1.10 bits per heavy atom. The van der Waals surface area contributed by atoms with Gasteiger partial charge in [0.15, 0.2) is 0 Å². The molecule has 0 radical (unpaired) electrons. The van der Waals surface area contributed by atoms with Crippen LogP contribution in [0.5, 0.6) is 0 Å². The molecule has 2 fully saturated rings. The van der Waals surface area contributed by atoms with Crippen molar-refractivity contribution in [2.24, 2.45) is 0 Å². The van der Waals surface area contributed by atoms with Crippen LogP contribution >= 0.6 is 0 Å². The number of benzene rings is 1. The first-order valence-electron chi connectivity index (χ1n) is 9.33. The molecule has 0 aliphatic carbocycles. The lowest BCUT2D eigenvalue weighted by Crippen LogP contribution is -2.65. The van der Waals surface area contributed by atoms with Crippen LogP contribution in [0.25, 0.3) is 0 Å². The van der Waals surface area contributed by atoms with Gasteiger partial charge in [0.05, 0.1) is 17.8 Å². The minimum Gasteiger partial charge on any atom is -0.337 e. The van der Waals surface area contributed by atoms with E-state index in [-0.39, 0.29) is 44.1 Å². The third-order valence-electron chi connectivity index (χ3n) is 5.40. The van der Waals surface area contributed by atoms with Gasteiger partial charge in [-0.1, -0.05) is 18.2 Å². The number of rotatable bonds is 2. The van der Waals surface area contributed by atoms with E-state index in [1.54, 1.807) is 42.2 Å². The summed E-state index contributed by atoms with van der Waals surface area (Å²) in [6.45, 7) is 2.15. The van der Waals surface area contributed by atoms with Crippen LogP contribution < -0.4 is 4.90 Å². The molecule has 2 saturated heterocycles. The first-order valence-corrected chi connectivity index (χ1v) is 9.33. The molecule has 9 heteroatoms. The van der Waals surface area contributed by atoms with E-state index in [4.69, 9.17) is 4.74 Å². The Labute approximate surface area is 166 Å². The molecule has 2 amide bonds. The number of hydrogen-bond acceptors (Lipinski definition) is 5. The normalized spacial score (nSPS) is 20.7. The molecule has 0 N–H and O–H groups in total. The number of carbonyl (C=O) groups excluding carboxylic acids is 2. The molecule has 3 heterocycles. The van der Waals surface area contributed by atoms with Gasteiger partial charge in [-0.2, -0.15) is 8.78 Å². The molecule has 2 aliphatic heterocycles. The van der Waals surface area contributed by atoms with E-state index in [9.17, 15) is 18.4 Å². The maximum absolute atomic E-state index is 14.4. The fourth-order valence-corrected chi connectivity index (χ4v) is 3.83. The number of likely N-dealkylation sites (tertiary alicyclic amines) is 1. The van der Waals surface area contributed by atoms with Gasteiger partial charge >= 0.3 is 12.0 Å². The number of aryl methyl sites for hydroxylation is 1. The van der Waals surface area contributed by atoms with Gasteiger partial charge in [-0.15, -0.1) is 0 Å². The van der Waals surface area contributed by atoms with Crippen LogP contribution in [0.15, 0.2) is 42.7 Å². The van der Waals surface area contributed by atoms with Crippen molar-refractivity contribution in [1.82, 2.24) is 14.9 Å². The number of para-hydroxylation sites is 1. The third kappa shape index (κ3) is 3.57. The lowest BCUT2D eigenvalue weighted by molar-refractivity contribution is -0.292. The molecule has 7 nitrogen and oxygen atoms in total. The van der Waals surface area contributed by atoms with Crippen molar-refractivity contribution in [3.8, 4) is 0 Å². The largest absolute Gasteiger partial charge is 0.437 e. The number of hydrogen-bond donors (Lipinski definition) is 0. The van der Waals surface area contributed by atoms with Gasteiger partial charge in [0.1, 0.15) is 5.69 Å². The summed E-state index contributed by atoms with van der Waals surface area (Å²) in [4.78, 5) is 35.8. The average Bonchev–Trinajstić information content (AvgIpc) is 2.72. The van der Waals surface area contributed by atoms with Crippen LogP contribution in [0, 0.1) is 6.92 Å². The second-order valence-electron chi connectivity index (χ2n) is 7.31. The van der Waals surface area contributed by atoms with Crippen LogP contribution in [-0.4, -0.2) is 58.0 Å². The number of anilines is 1. The zero-order valence-electron chi connectivity index (χ0n) is 15.8. The Morgan fingerprint density at radius 3 is 2.41 bits per heavy atom. The van der Waals surface area contributed by atoms with Crippen LogP contribution in [0.2, 0.25) is 0 Å². The third-order valence-corrected chi connectivity index (χ3v) is 5.40. The summed E-state index contributed by atoms with van der Waals surface area (Å²) in [7, 11) is 0. The molecule has 1 aromatic carbocycles. The second kappa shape index (κ2) is 7.14. The molecule has 0 atom stereocenters. The first kappa shape index (κ1) is 19.4. The van der Waals surface area contributed by atoms with Crippen LogP contribution in [-0.2, 0) is 9.53 Å². The summed E-state index contributed by atoms with van der Waals surface area (Å²) in [5.74, 6) is -1.66. The Morgan fingerprint density at radius 2 is 1.76 bits per heavy atom. The fraction of sp³-hybridized carbons (Fsp3) is 0.400. The predicted molar refractivity (Wildman–Crippen MR) is 99.5 cm³/mol. The van der Waals surface area contributed by atoms with Crippen molar-refractivity contribution in [2.45, 2.75) is 31.5 Å². The molecule has 0 saturated carbocycles. The predicted octanol–water partition coefficient (Wildman–Crippen LogP) is 2.42. The number of nitrogens with zero attached hydrogens (tertiary/aromatic N) is 4. The summed E-state index contributed by atoms with van der Waals surface area (Å²) < 4.78 is 33.9. The van der Waals surface area contributed by atoms with Gasteiger partial charge in [0.25, 0.3) is 5.91 Å².